The van der Waals surface area contributed by atoms with Crippen LogP contribution in [-0.4, -0.2) is 54.4 Å². The second kappa shape index (κ2) is 10.3. The van der Waals surface area contributed by atoms with Gasteiger partial charge < -0.3 is 19.7 Å². The van der Waals surface area contributed by atoms with Crippen LogP contribution in [0.1, 0.15) is 31.3 Å². The second-order valence-corrected chi connectivity index (χ2v) is 7.50. The molecule has 3 rings (SSSR count). The van der Waals surface area contributed by atoms with E-state index in [1.54, 1.807) is 35.8 Å². The number of rotatable bonds is 8. The molecule has 0 aliphatic heterocycles. The number of urea groups is 1. The van der Waals surface area contributed by atoms with E-state index in [0.29, 0.717) is 47.9 Å². The minimum absolute atomic E-state index is 0.219. The van der Waals surface area contributed by atoms with Crippen molar-refractivity contribution in [1.29, 1.82) is 0 Å². The molecule has 0 spiro atoms. The Morgan fingerprint density at radius 3 is 2.66 bits per heavy atom. The average molecular weight is 439 g/mol. The summed E-state index contributed by atoms with van der Waals surface area (Å²) in [5.41, 5.74) is 1.91. The number of benzene rings is 2. The van der Waals surface area contributed by atoms with Gasteiger partial charge in [0.15, 0.2) is 0 Å². The van der Waals surface area contributed by atoms with Gasteiger partial charge in [-0.05, 0) is 50.6 Å². The third-order valence-electron chi connectivity index (χ3n) is 5.34. The van der Waals surface area contributed by atoms with Gasteiger partial charge in [0, 0.05) is 20.2 Å². The lowest BCUT2D eigenvalue weighted by atomic mass is 10.1. The molecule has 0 radical (unpaired) electrons. The van der Waals surface area contributed by atoms with Crippen molar-refractivity contribution in [2.45, 2.75) is 26.8 Å². The Balaban J connectivity index is 2.30. The lowest BCUT2D eigenvalue weighted by Gasteiger charge is -2.30. The minimum Gasteiger partial charge on any atom is -0.495 e. The van der Waals surface area contributed by atoms with Gasteiger partial charge in [-0.2, -0.15) is 0 Å². The van der Waals surface area contributed by atoms with Crippen LogP contribution in [0.2, 0.25) is 0 Å². The van der Waals surface area contributed by atoms with Crippen LogP contribution in [0.5, 0.6) is 5.75 Å². The van der Waals surface area contributed by atoms with Gasteiger partial charge in [0.05, 0.1) is 36.3 Å². The fourth-order valence-electron chi connectivity index (χ4n) is 3.69. The highest BCUT2D eigenvalue weighted by molar-refractivity contribution is 5.78. The zero-order valence-electron chi connectivity index (χ0n) is 19.2. The molecule has 1 unspecified atom stereocenters. The van der Waals surface area contributed by atoms with Gasteiger partial charge in [-0.1, -0.05) is 18.2 Å². The number of methoxy groups -OCH3 is 2. The first-order valence-electron chi connectivity index (χ1n) is 10.6. The summed E-state index contributed by atoms with van der Waals surface area (Å²) in [6.07, 6.45) is 0. The minimum atomic E-state index is -0.515. The van der Waals surface area contributed by atoms with Crippen molar-refractivity contribution in [2.24, 2.45) is 0 Å². The molecule has 2 amide bonds. The topological polar surface area (TPSA) is 85.7 Å². The van der Waals surface area contributed by atoms with E-state index in [2.05, 4.69) is 5.32 Å². The van der Waals surface area contributed by atoms with Gasteiger partial charge in [0.25, 0.3) is 5.56 Å². The van der Waals surface area contributed by atoms with Crippen LogP contribution in [0.4, 0.5) is 4.79 Å². The van der Waals surface area contributed by atoms with Gasteiger partial charge in [-0.15, -0.1) is 0 Å². The highest BCUT2D eigenvalue weighted by Gasteiger charge is 2.27. The van der Waals surface area contributed by atoms with Crippen LogP contribution in [0.25, 0.3) is 16.6 Å². The highest BCUT2D eigenvalue weighted by atomic mass is 16.5. The van der Waals surface area contributed by atoms with Gasteiger partial charge >= 0.3 is 6.03 Å². The van der Waals surface area contributed by atoms with E-state index in [1.807, 2.05) is 51.1 Å². The maximum absolute atomic E-state index is 13.7. The molecule has 0 bridgehead atoms. The Hall–Kier alpha value is -3.39. The number of aryl methyl sites for hydroxylation is 1. The maximum atomic E-state index is 13.7. The molecular weight excluding hydrogens is 408 g/mol. The van der Waals surface area contributed by atoms with Crippen molar-refractivity contribution in [3.63, 3.8) is 0 Å². The molecule has 8 heteroatoms. The third-order valence-corrected chi connectivity index (χ3v) is 5.34. The molecule has 0 saturated carbocycles. The van der Waals surface area contributed by atoms with Crippen molar-refractivity contribution in [3.8, 4) is 11.4 Å². The Labute approximate surface area is 187 Å². The van der Waals surface area contributed by atoms with Crippen molar-refractivity contribution >= 4 is 16.9 Å². The third kappa shape index (κ3) is 4.60. The number of aromatic nitrogens is 2. The maximum Gasteiger partial charge on any atom is 0.318 e. The molecule has 0 aliphatic carbocycles. The van der Waals surface area contributed by atoms with Crippen LogP contribution >= 0.6 is 0 Å². The van der Waals surface area contributed by atoms with Crippen LogP contribution in [0.15, 0.2) is 47.3 Å². The Bertz CT molecular complexity index is 1160. The molecule has 1 N–H and O–H groups in total. The van der Waals surface area contributed by atoms with Crippen LogP contribution in [0, 0.1) is 6.92 Å². The van der Waals surface area contributed by atoms with Gasteiger partial charge in [-0.3, -0.25) is 9.36 Å². The van der Waals surface area contributed by atoms with Gasteiger partial charge in [-0.25, -0.2) is 9.78 Å². The Morgan fingerprint density at radius 1 is 1.22 bits per heavy atom. The average Bonchev–Trinajstić information content (AvgIpc) is 2.79. The van der Waals surface area contributed by atoms with E-state index >= 15 is 0 Å². The van der Waals surface area contributed by atoms with Crippen LogP contribution in [0.3, 0.4) is 0 Å². The van der Waals surface area contributed by atoms with Crippen molar-refractivity contribution in [2.75, 3.05) is 33.9 Å². The van der Waals surface area contributed by atoms with Crippen molar-refractivity contribution < 1.29 is 14.3 Å². The molecule has 1 aromatic heterocycles. The van der Waals surface area contributed by atoms with E-state index in [0.717, 1.165) is 5.56 Å². The normalized spacial score (nSPS) is 11.9. The van der Waals surface area contributed by atoms with Crippen LogP contribution < -0.4 is 15.6 Å². The first kappa shape index (κ1) is 23.3. The molecule has 1 atom stereocenters. The molecule has 2 aromatic carbocycles. The summed E-state index contributed by atoms with van der Waals surface area (Å²) in [5, 5.41) is 3.33. The molecule has 3 aromatic rings. The van der Waals surface area contributed by atoms with E-state index in [-0.39, 0.29) is 11.6 Å². The smallest absolute Gasteiger partial charge is 0.318 e. The number of hydrogen-bond acceptors (Lipinski definition) is 5. The number of carbonyl (C=O) groups is 1. The van der Waals surface area contributed by atoms with E-state index < -0.39 is 6.04 Å². The molecule has 8 nitrogen and oxygen atoms in total. The van der Waals surface area contributed by atoms with E-state index in [1.165, 1.54) is 0 Å². The molecule has 170 valence electrons. The quantitative estimate of drug-likeness (QED) is 0.582. The zero-order valence-corrected chi connectivity index (χ0v) is 19.2. The van der Waals surface area contributed by atoms with Crippen LogP contribution in [-0.2, 0) is 4.74 Å². The lowest BCUT2D eigenvalue weighted by Crippen LogP contribution is -2.44. The Kier molecular flexibility index (Phi) is 7.48. The molecule has 1 heterocycles. The summed E-state index contributed by atoms with van der Waals surface area (Å²) >= 11 is 0. The predicted molar refractivity (Wildman–Crippen MR) is 125 cm³/mol. The fraction of sp³-hybridized carbons (Fsp3) is 0.375. The number of para-hydroxylation sites is 1. The largest absolute Gasteiger partial charge is 0.495 e. The number of carbonyl (C=O) groups excluding carboxylic acids is 1. The number of hydrogen-bond donors (Lipinski definition) is 1. The first-order valence-corrected chi connectivity index (χ1v) is 10.6. The summed E-state index contributed by atoms with van der Waals surface area (Å²) in [6, 6.07) is 12.1. The predicted octanol–water partition coefficient (Wildman–Crippen LogP) is 3.44. The SMILES string of the molecule is CCNC(=O)N(CCOC)C(C)c1nc2ccccc2c(=O)n1-c1cc(C)ccc1OC. The molecule has 0 fully saturated rings. The molecular formula is C24H30N4O4. The Morgan fingerprint density at radius 2 is 1.97 bits per heavy atom. The highest BCUT2D eigenvalue weighted by Crippen LogP contribution is 2.28. The van der Waals surface area contributed by atoms with Gasteiger partial charge in [0.1, 0.15) is 11.6 Å². The van der Waals surface area contributed by atoms with Crippen molar-refractivity contribution in [1.82, 2.24) is 19.8 Å². The number of fused-ring (bicyclic) bond motifs is 1. The fourth-order valence-corrected chi connectivity index (χ4v) is 3.69. The van der Waals surface area contributed by atoms with Crippen molar-refractivity contribution in [3.05, 3.63) is 64.2 Å². The monoisotopic (exact) mass is 438 g/mol. The summed E-state index contributed by atoms with van der Waals surface area (Å²) in [4.78, 5) is 33.0. The molecule has 0 saturated heterocycles. The molecule has 32 heavy (non-hydrogen) atoms. The summed E-state index contributed by atoms with van der Waals surface area (Å²) in [6.45, 7) is 6.85. The number of nitrogens with one attached hydrogen (secondary N) is 1. The van der Waals surface area contributed by atoms with Gasteiger partial charge in [0.2, 0.25) is 0 Å². The lowest BCUT2D eigenvalue weighted by molar-refractivity contribution is 0.130. The summed E-state index contributed by atoms with van der Waals surface area (Å²) < 4.78 is 12.3. The second-order valence-electron chi connectivity index (χ2n) is 7.50. The standard InChI is InChI=1S/C24H30N4O4/c1-6-25-24(30)27(13-14-31-4)17(3)22-26-19-10-8-7-9-18(19)23(29)28(22)20-15-16(2)11-12-21(20)32-5/h7-12,15,17H,6,13-14H2,1-5H3,(H,25,30). The number of nitrogens with zero attached hydrogens (tertiary/aromatic N) is 3. The van der Waals surface area contributed by atoms with E-state index in [4.69, 9.17) is 14.5 Å². The summed E-state index contributed by atoms with van der Waals surface area (Å²) in [7, 11) is 3.15. The van der Waals surface area contributed by atoms with E-state index in [9.17, 15) is 9.59 Å². The number of ether oxygens (including phenoxy) is 2. The molecule has 0 aliphatic rings. The summed E-state index contributed by atoms with van der Waals surface area (Å²) in [5.74, 6) is 0.990. The number of amides is 2. The zero-order chi connectivity index (χ0) is 23.3. The first-order chi connectivity index (χ1) is 15.4.